The van der Waals surface area contributed by atoms with Crippen molar-refractivity contribution in [1.82, 2.24) is 0 Å². The summed E-state index contributed by atoms with van der Waals surface area (Å²) in [6, 6.07) is 32.4. The summed E-state index contributed by atoms with van der Waals surface area (Å²) in [5.41, 5.74) is 3.66. The predicted octanol–water partition coefficient (Wildman–Crippen LogP) is 10.4. The minimum Gasteiger partial charge on any atom is -0.470 e. The number of halogens is 2. The van der Waals surface area contributed by atoms with Crippen LogP contribution in [0.15, 0.2) is 119 Å². The van der Waals surface area contributed by atoms with Crippen molar-refractivity contribution in [2.75, 3.05) is 0 Å². The zero-order valence-electron chi connectivity index (χ0n) is 21.0. The summed E-state index contributed by atoms with van der Waals surface area (Å²) in [7, 11) is 0. The summed E-state index contributed by atoms with van der Waals surface area (Å²) in [5.74, 6) is 0.797. The van der Waals surface area contributed by atoms with Crippen molar-refractivity contribution in [2.45, 2.75) is 34.6 Å². The van der Waals surface area contributed by atoms with E-state index in [2.05, 4.69) is 43.5 Å². The fourth-order valence-corrected chi connectivity index (χ4v) is 2.98. The predicted molar refractivity (Wildman–Crippen MR) is 151 cm³/mol. The monoisotopic (exact) mass is 508 g/mol. The number of aryl methyl sites for hydroxylation is 5. The van der Waals surface area contributed by atoms with Gasteiger partial charge < -0.3 is 4.42 Å². The zero-order chi connectivity index (χ0) is 25.9. The largest absolute Gasteiger partial charge is 0.470 e. The van der Waals surface area contributed by atoms with Gasteiger partial charge in [0.2, 0.25) is 0 Å². The Labute approximate surface area is 218 Å². The first-order chi connectivity index (χ1) is 16.8. The van der Waals surface area contributed by atoms with Gasteiger partial charge in [0.1, 0.15) is 11.6 Å². The molecule has 0 bridgehead atoms. The lowest BCUT2D eigenvalue weighted by Gasteiger charge is -1.88. The van der Waals surface area contributed by atoms with Gasteiger partial charge in [0, 0.05) is 9.90 Å². The molecule has 0 saturated carbocycles. The quantitative estimate of drug-likeness (QED) is 0.203. The molecule has 0 atom stereocenters. The Morgan fingerprint density at radius 3 is 1.40 bits per heavy atom. The maximum atomic E-state index is 12.1. The summed E-state index contributed by atoms with van der Waals surface area (Å²) >= 11 is 7.39. The Kier molecular flexibility index (Phi) is 15.6. The van der Waals surface area contributed by atoms with Crippen LogP contribution in [0.5, 0.6) is 0 Å². The molecule has 0 aliphatic carbocycles. The van der Waals surface area contributed by atoms with Crippen LogP contribution in [0.3, 0.4) is 0 Å². The highest BCUT2D eigenvalue weighted by Gasteiger charge is 1.84. The number of rotatable bonds is 0. The molecular formula is C31H34ClFOS. The van der Waals surface area contributed by atoms with Gasteiger partial charge in [-0.1, -0.05) is 89.0 Å². The minimum absolute atomic E-state index is 0.171. The molecule has 0 spiro atoms. The van der Waals surface area contributed by atoms with Crippen molar-refractivity contribution in [3.05, 3.63) is 153 Å². The zero-order valence-corrected chi connectivity index (χ0v) is 22.6. The van der Waals surface area contributed by atoms with E-state index in [9.17, 15) is 4.39 Å². The van der Waals surface area contributed by atoms with Gasteiger partial charge >= 0.3 is 0 Å². The third-order valence-corrected chi connectivity index (χ3v) is 5.34. The summed E-state index contributed by atoms with van der Waals surface area (Å²) < 4.78 is 16.9. The lowest BCUT2D eigenvalue weighted by molar-refractivity contribution is 0.534. The maximum Gasteiger partial charge on any atom is 0.123 e. The van der Waals surface area contributed by atoms with Gasteiger partial charge in [-0.3, -0.25) is 0 Å². The highest BCUT2D eigenvalue weighted by Crippen LogP contribution is 2.07. The number of hydrogen-bond acceptors (Lipinski definition) is 2. The third kappa shape index (κ3) is 17.0. The van der Waals surface area contributed by atoms with E-state index in [1.165, 1.54) is 28.1 Å². The Morgan fingerprint density at radius 1 is 0.600 bits per heavy atom. The molecule has 0 N–H and O–H groups in total. The van der Waals surface area contributed by atoms with Crippen LogP contribution in [0.25, 0.3) is 0 Å². The second-order valence-corrected chi connectivity index (χ2v) is 9.28. The molecule has 1 nitrogen and oxygen atoms in total. The molecule has 0 amide bonds. The Balaban J connectivity index is 0.000000220. The number of hydrogen-bond donors (Lipinski definition) is 0. The molecule has 5 rings (SSSR count). The molecule has 5 aromatic rings. The van der Waals surface area contributed by atoms with E-state index in [0.29, 0.717) is 0 Å². The third-order valence-electron chi connectivity index (χ3n) is 4.29. The van der Waals surface area contributed by atoms with Gasteiger partial charge in [0.25, 0.3) is 0 Å². The van der Waals surface area contributed by atoms with Crippen LogP contribution < -0.4 is 0 Å². The van der Waals surface area contributed by atoms with E-state index >= 15 is 0 Å². The molecule has 0 saturated heterocycles. The normalized spacial score (nSPS) is 9.00. The molecule has 35 heavy (non-hydrogen) atoms. The summed E-state index contributed by atoms with van der Waals surface area (Å²) in [6.45, 7) is 10.1. The molecule has 0 radical (unpaired) electrons. The van der Waals surface area contributed by atoms with Crippen LogP contribution in [0.2, 0.25) is 5.02 Å². The lowest BCUT2D eigenvalue weighted by atomic mass is 10.2. The van der Waals surface area contributed by atoms with Crippen molar-refractivity contribution in [3.8, 4) is 0 Å². The van der Waals surface area contributed by atoms with Gasteiger partial charge in [-0.25, -0.2) is 4.39 Å². The van der Waals surface area contributed by atoms with Crippen LogP contribution >= 0.6 is 22.9 Å². The van der Waals surface area contributed by atoms with Crippen molar-refractivity contribution >= 4 is 22.9 Å². The molecule has 4 heteroatoms. The van der Waals surface area contributed by atoms with Gasteiger partial charge in [-0.2, -0.15) is 0 Å². The molecule has 2 heterocycles. The Hall–Kier alpha value is -3.14. The molecule has 3 aromatic carbocycles. The second-order valence-electron chi connectivity index (χ2n) is 7.69. The molecule has 0 unspecified atom stereocenters. The fourth-order valence-electron chi connectivity index (χ4n) is 2.32. The van der Waals surface area contributed by atoms with Crippen molar-refractivity contribution in [1.29, 1.82) is 0 Å². The highest BCUT2D eigenvalue weighted by atomic mass is 35.5. The first-order valence-corrected chi connectivity index (χ1v) is 12.5. The first kappa shape index (κ1) is 29.9. The highest BCUT2D eigenvalue weighted by molar-refractivity contribution is 7.09. The van der Waals surface area contributed by atoms with E-state index in [-0.39, 0.29) is 5.82 Å². The molecule has 0 fully saturated rings. The average Bonchev–Trinajstić information content (AvgIpc) is 3.53. The summed E-state index contributed by atoms with van der Waals surface area (Å²) in [6.07, 6.45) is 1.66. The molecule has 2 aromatic heterocycles. The Bertz CT molecular complexity index is 1000. The maximum absolute atomic E-state index is 12.1. The van der Waals surface area contributed by atoms with Crippen LogP contribution in [0.4, 0.5) is 4.39 Å². The van der Waals surface area contributed by atoms with Gasteiger partial charge in [-0.05, 0) is 82.5 Å². The van der Waals surface area contributed by atoms with E-state index in [1.54, 1.807) is 29.7 Å². The Morgan fingerprint density at radius 2 is 1.14 bits per heavy atom. The number of thiophene rings is 1. The van der Waals surface area contributed by atoms with Crippen molar-refractivity contribution in [3.63, 3.8) is 0 Å². The van der Waals surface area contributed by atoms with Gasteiger partial charge in [0.15, 0.2) is 0 Å². The van der Waals surface area contributed by atoms with Crippen LogP contribution in [0, 0.1) is 40.4 Å². The smallest absolute Gasteiger partial charge is 0.123 e. The number of furan rings is 1. The van der Waals surface area contributed by atoms with Crippen LogP contribution in [-0.4, -0.2) is 0 Å². The average molecular weight is 509 g/mol. The molecular weight excluding hydrogens is 475 g/mol. The van der Waals surface area contributed by atoms with Gasteiger partial charge in [-0.15, -0.1) is 11.3 Å². The lowest BCUT2D eigenvalue weighted by Crippen LogP contribution is -1.71. The SMILES string of the molecule is Cc1ccc(Cl)cc1.Cc1ccc(F)cc1.Cc1ccccc1.Cc1ccco1.Cc1cccs1. The van der Waals surface area contributed by atoms with E-state index in [4.69, 9.17) is 16.0 Å². The topological polar surface area (TPSA) is 13.1 Å². The minimum atomic E-state index is -0.171. The molecule has 184 valence electrons. The molecule has 0 aliphatic rings. The first-order valence-electron chi connectivity index (χ1n) is 11.2. The van der Waals surface area contributed by atoms with Crippen molar-refractivity contribution < 1.29 is 8.81 Å². The van der Waals surface area contributed by atoms with Crippen LogP contribution in [-0.2, 0) is 0 Å². The van der Waals surface area contributed by atoms with E-state index in [1.807, 2.05) is 75.4 Å². The summed E-state index contributed by atoms with van der Waals surface area (Å²) in [4.78, 5) is 1.38. The second kappa shape index (κ2) is 18.2. The van der Waals surface area contributed by atoms with Gasteiger partial charge in [0.05, 0.1) is 6.26 Å². The fraction of sp³-hybridized carbons (Fsp3) is 0.161. The number of benzene rings is 3. The van der Waals surface area contributed by atoms with Crippen molar-refractivity contribution in [2.24, 2.45) is 0 Å². The van der Waals surface area contributed by atoms with Crippen LogP contribution in [0.1, 0.15) is 27.3 Å². The van der Waals surface area contributed by atoms with E-state index < -0.39 is 0 Å². The van der Waals surface area contributed by atoms with E-state index in [0.717, 1.165) is 16.3 Å². The standard InChI is InChI=1S/C7H7Cl.C7H7F.C7H8.C5H6O.C5H6S/c2*1-6-2-4-7(8)5-3-6;1-7-5-3-2-4-6-7;2*1-5-3-2-4-6-5/h2*2-5H,1H3;2-6H,1H3;2*2-4H,1H3. The molecule has 0 aliphatic heterocycles. The summed E-state index contributed by atoms with van der Waals surface area (Å²) in [5, 5.41) is 2.88.